The lowest BCUT2D eigenvalue weighted by Gasteiger charge is -2.33. The lowest BCUT2D eigenvalue weighted by atomic mass is 9.94. The number of esters is 1. The number of anilines is 1. The van der Waals surface area contributed by atoms with Gasteiger partial charge in [0.1, 0.15) is 12.4 Å². The van der Waals surface area contributed by atoms with E-state index in [1.807, 2.05) is 30.3 Å². The number of aliphatic carboxylic acids is 2. The monoisotopic (exact) mass is 488 g/mol. The van der Waals surface area contributed by atoms with Crippen LogP contribution in [0.15, 0.2) is 42.5 Å². The van der Waals surface area contributed by atoms with Crippen molar-refractivity contribution in [2.45, 2.75) is 31.4 Å². The second-order valence-corrected chi connectivity index (χ2v) is 7.97. The van der Waals surface area contributed by atoms with Gasteiger partial charge in [-0.1, -0.05) is 30.3 Å². The van der Waals surface area contributed by atoms with E-state index in [9.17, 15) is 33.8 Å². The highest BCUT2D eigenvalue weighted by Crippen LogP contribution is 2.31. The summed E-state index contributed by atoms with van der Waals surface area (Å²) in [6.45, 7) is 0.786. The highest BCUT2D eigenvalue weighted by molar-refractivity contribution is 6.01. The SMILES string of the molecule is COC(=O)c1cc(C(C(=O)O)C(=O)O)c(NC2CCN(C(=O)OCc3ccccc3)CC2)cc1F. The molecular weight excluding hydrogens is 463 g/mol. The van der Waals surface area contributed by atoms with E-state index in [0.717, 1.165) is 24.8 Å². The second-order valence-electron chi connectivity index (χ2n) is 7.97. The van der Waals surface area contributed by atoms with Crippen molar-refractivity contribution in [2.75, 3.05) is 25.5 Å². The van der Waals surface area contributed by atoms with Gasteiger partial charge in [-0.25, -0.2) is 14.0 Å². The zero-order valence-corrected chi connectivity index (χ0v) is 18.9. The summed E-state index contributed by atoms with van der Waals surface area (Å²) in [6.07, 6.45) is 0.370. The van der Waals surface area contributed by atoms with Gasteiger partial charge in [0.25, 0.3) is 0 Å². The molecule has 0 aliphatic carbocycles. The minimum Gasteiger partial charge on any atom is -0.480 e. The van der Waals surface area contributed by atoms with Crippen molar-refractivity contribution in [2.24, 2.45) is 0 Å². The number of halogens is 1. The number of rotatable bonds is 8. The number of carboxylic acid groups (broad SMARTS) is 2. The van der Waals surface area contributed by atoms with E-state index >= 15 is 0 Å². The maximum Gasteiger partial charge on any atom is 0.410 e. The number of carbonyl (C=O) groups is 4. The number of methoxy groups -OCH3 is 1. The van der Waals surface area contributed by atoms with E-state index in [1.54, 1.807) is 0 Å². The Balaban J connectivity index is 1.71. The van der Waals surface area contributed by atoms with Crippen LogP contribution in [0.4, 0.5) is 14.9 Å². The maximum atomic E-state index is 14.6. The molecule has 0 aromatic heterocycles. The molecule has 35 heavy (non-hydrogen) atoms. The van der Waals surface area contributed by atoms with Crippen molar-refractivity contribution >= 4 is 29.7 Å². The molecule has 1 aliphatic rings. The first-order chi connectivity index (χ1) is 16.7. The first kappa shape index (κ1) is 25.5. The molecule has 0 radical (unpaired) electrons. The Hall–Kier alpha value is -4.15. The third kappa shape index (κ3) is 6.25. The number of ether oxygens (including phenoxy) is 2. The van der Waals surface area contributed by atoms with Crippen LogP contribution in [0.2, 0.25) is 0 Å². The van der Waals surface area contributed by atoms with E-state index in [4.69, 9.17) is 4.74 Å². The van der Waals surface area contributed by atoms with Gasteiger partial charge in [-0.2, -0.15) is 0 Å². The highest BCUT2D eigenvalue weighted by atomic mass is 19.1. The van der Waals surface area contributed by atoms with Crippen LogP contribution < -0.4 is 5.32 Å². The van der Waals surface area contributed by atoms with Gasteiger partial charge in [0, 0.05) is 30.4 Å². The molecule has 1 amide bonds. The van der Waals surface area contributed by atoms with E-state index in [0.29, 0.717) is 25.9 Å². The molecular formula is C24H25FN2O8. The molecule has 3 rings (SSSR count). The number of amides is 1. The van der Waals surface area contributed by atoms with Gasteiger partial charge in [-0.3, -0.25) is 9.59 Å². The van der Waals surface area contributed by atoms with E-state index < -0.39 is 41.3 Å². The quantitative estimate of drug-likeness (QED) is 0.377. The van der Waals surface area contributed by atoms with Crippen molar-refractivity contribution in [3.05, 3.63) is 65.0 Å². The molecule has 2 aromatic carbocycles. The fraction of sp³-hybridized carbons (Fsp3) is 0.333. The minimum atomic E-state index is -2.03. The number of likely N-dealkylation sites (tertiary alicyclic amines) is 1. The molecule has 1 aliphatic heterocycles. The smallest absolute Gasteiger partial charge is 0.410 e. The highest BCUT2D eigenvalue weighted by Gasteiger charge is 2.33. The summed E-state index contributed by atoms with van der Waals surface area (Å²) < 4.78 is 24.4. The normalized spacial score (nSPS) is 13.9. The molecule has 1 saturated heterocycles. The predicted octanol–water partition coefficient (Wildman–Crippen LogP) is 3.08. The standard InChI is InChI=1S/C24H25FN2O8/c1-34-23(32)16-11-17(20(21(28)29)22(30)31)19(12-18(16)25)26-15-7-9-27(10-8-15)24(33)35-13-14-5-3-2-4-6-14/h2-6,11-12,15,20,26H,7-10,13H2,1H3,(H,28,29)(H,30,31). The van der Waals surface area contributed by atoms with Gasteiger partial charge in [-0.15, -0.1) is 0 Å². The number of nitrogens with one attached hydrogen (secondary N) is 1. The molecule has 3 N–H and O–H groups in total. The zero-order chi connectivity index (χ0) is 25.5. The summed E-state index contributed by atoms with van der Waals surface area (Å²) in [5, 5.41) is 21.9. The summed E-state index contributed by atoms with van der Waals surface area (Å²) in [6, 6.07) is 10.7. The predicted molar refractivity (Wildman–Crippen MR) is 121 cm³/mol. The van der Waals surface area contributed by atoms with Crippen LogP contribution in [0.3, 0.4) is 0 Å². The van der Waals surface area contributed by atoms with Crippen LogP contribution in [0, 0.1) is 5.82 Å². The number of carbonyl (C=O) groups excluding carboxylic acids is 2. The maximum absolute atomic E-state index is 14.6. The number of hydrogen-bond donors (Lipinski definition) is 3. The molecule has 1 heterocycles. The Bertz CT molecular complexity index is 1090. The van der Waals surface area contributed by atoms with Crippen molar-refractivity contribution in [1.82, 2.24) is 4.90 Å². The third-order valence-electron chi connectivity index (χ3n) is 5.67. The number of carboxylic acids is 2. The van der Waals surface area contributed by atoms with Gasteiger partial charge >= 0.3 is 24.0 Å². The molecule has 10 nitrogen and oxygen atoms in total. The summed E-state index contributed by atoms with van der Waals surface area (Å²) in [5.74, 6) is -7.42. The molecule has 2 aromatic rings. The Kier molecular flexibility index (Phi) is 8.24. The molecule has 0 atom stereocenters. The van der Waals surface area contributed by atoms with Crippen molar-refractivity contribution in [3.8, 4) is 0 Å². The number of hydrogen-bond acceptors (Lipinski definition) is 7. The second kappa shape index (κ2) is 11.3. The molecule has 11 heteroatoms. The molecule has 0 unspecified atom stereocenters. The molecule has 0 spiro atoms. The van der Waals surface area contributed by atoms with E-state index in [1.165, 1.54) is 4.90 Å². The van der Waals surface area contributed by atoms with E-state index in [-0.39, 0.29) is 23.9 Å². The van der Waals surface area contributed by atoms with Gasteiger partial charge in [0.2, 0.25) is 0 Å². The third-order valence-corrected chi connectivity index (χ3v) is 5.67. The van der Waals surface area contributed by atoms with Crippen LogP contribution in [0.1, 0.15) is 40.2 Å². The van der Waals surface area contributed by atoms with Crippen LogP contribution in [0.5, 0.6) is 0 Å². The Labute approximate surface area is 200 Å². The molecule has 186 valence electrons. The molecule has 0 bridgehead atoms. The Morgan fingerprint density at radius 2 is 1.71 bits per heavy atom. The number of piperidine rings is 1. The number of nitrogens with zero attached hydrogens (tertiary/aromatic N) is 1. The summed E-state index contributed by atoms with van der Waals surface area (Å²) in [4.78, 5) is 49.0. The first-order valence-electron chi connectivity index (χ1n) is 10.8. The first-order valence-corrected chi connectivity index (χ1v) is 10.8. The van der Waals surface area contributed by atoms with Crippen molar-refractivity contribution in [3.63, 3.8) is 0 Å². The van der Waals surface area contributed by atoms with Gasteiger partial charge in [0.15, 0.2) is 5.92 Å². The van der Waals surface area contributed by atoms with Crippen LogP contribution in [-0.2, 0) is 25.7 Å². The average molecular weight is 488 g/mol. The zero-order valence-electron chi connectivity index (χ0n) is 18.9. The fourth-order valence-corrected chi connectivity index (χ4v) is 3.83. The fourth-order valence-electron chi connectivity index (χ4n) is 3.83. The topological polar surface area (TPSA) is 142 Å². The summed E-state index contributed by atoms with van der Waals surface area (Å²) in [5.41, 5.74) is -0.0585. The van der Waals surface area contributed by atoms with Crippen molar-refractivity contribution < 1.29 is 43.3 Å². The lowest BCUT2D eigenvalue weighted by Crippen LogP contribution is -2.42. The molecule has 0 saturated carbocycles. The average Bonchev–Trinajstić information content (AvgIpc) is 2.84. The number of benzene rings is 2. The van der Waals surface area contributed by atoms with Crippen LogP contribution in [0.25, 0.3) is 0 Å². The largest absolute Gasteiger partial charge is 0.480 e. The Morgan fingerprint density at radius 1 is 1.09 bits per heavy atom. The van der Waals surface area contributed by atoms with Gasteiger partial charge in [-0.05, 0) is 30.5 Å². The van der Waals surface area contributed by atoms with Crippen LogP contribution in [-0.4, -0.2) is 65.4 Å². The minimum absolute atomic E-state index is 0.0601. The van der Waals surface area contributed by atoms with Crippen molar-refractivity contribution in [1.29, 1.82) is 0 Å². The van der Waals surface area contributed by atoms with Crippen LogP contribution >= 0.6 is 0 Å². The molecule has 1 fully saturated rings. The Morgan fingerprint density at radius 3 is 2.29 bits per heavy atom. The van der Waals surface area contributed by atoms with Gasteiger partial charge < -0.3 is 29.9 Å². The van der Waals surface area contributed by atoms with E-state index in [2.05, 4.69) is 10.1 Å². The lowest BCUT2D eigenvalue weighted by molar-refractivity contribution is -0.150. The summed E-state index contributed by atoms with van der Waals surface area (Å²) in [7, 11) is 1.03. The van der Waals surface area contributed by atoms with Gasteiger partial charge in [0.05, 0.1) is 12.7 Å². The summed E-state index contributed by atoms with van der Waals surface area (Å²) >= 11 is 0.